The average molecular weight is 186 g/mol. The summed E-state index contributed by atoms with van der Waals surface area (Å²) in [4.78, 5) is 16.3. The van der Waals surface area contributed by atoms with Crippen LogP contribution in [-0.2, 0) is 0 Å². The number of rotatable bonds is 2. The first-order valence-electron chi connectivity index (χ1n) is 3.90. The van der Waals surface area contributed by atoms with Gasteiger partial charge in [-0.1, -0.05) is 0 Å². The van der Waals surface area contributed by atoms with Crippen molar-refractivity contribution in [1.82, 2.24) is 4.90 Å². The van der Waals surface area contributed by atoms with Gasteiger partial charge in [0.15, 0.2) is 0 Å². The average Bonchev–Trinajstić information content (AvgIpc) is 1.85. The molecule has 0 atom stereocenters. The van der Waals surface area contributed by atoms with Gasteiger partial charge in [-0.25, -0.2) is 4.79 Å². The van der Waals surface area contributed by atoms with E-state index >= 15 is 0 Å². The van der Waals surface area contributed by atoms with Crippen LogP contribution < -0.4 is 0 Å². The number of hydrogen-bond acceptors (Lipinski definition) is 2. The van der Waals surface area contributed by atoms with E-state index in [1.807, 2.05) is 27.7 Å². The van der Waals surface area contributed by atoms with Crippen molar-refractivity contribution in [2.24, 2.45) is 4.99 Å². The minimum absolute atomic E-state index is 0.143. The van der Waals surface area contributed by atoms with Gasteiger partial charge in [0.1, 0.15) is 0 Å². The van der Waals surface area contributed by atoms with E-state index < -0.39 is 0 Å². The van der Waals surface area contributed by atoms with Crippen LogP contribution in [0.4, 0.5) is 4.79 Å². The third-order valence-electron chi connectivity index (χ3n) is 1.47. The number of carbonyl (C=O) groups excluding carboxylic acids is 1. The summed E-state index contributed by atoms with van der Waals surface area (Å²) in [6, 6.07) is -0.0239. The van der Waals surface area contributed by atoms with Crippen LogP contribution in [0.15, 0.2) is 4.99 Å². The largest absolute Gasteiger partial charge is 0.352 e. The zero-order valence-corrected chi connectivity index (χ0v) is 8.68. The molecule has 0 spiro atoms. The van der Waals surface area contributed by atoms with E-state index in [0.717, 1.165) is 0 Å². The zero-order valence-electron chi connectivity index (χ0n) is 7.87. The number of carbonyl (C=O) groups is 1. The number of amides is 2. The summed E-state index contributed by atoms with van der Waals surface area (Å²) in [6.45, 7) is 7.77. The topological polar surface area (TPSA) is 32.7 Å². The molecule has 0 heterocycles. The Hall–Kier alpha value is -0.730. The lowest BCUT2D eigenvalue weighted by Crippen LogP contribution is -2.40. The third kappa shape index (κ3) is 3.11. The highest BCUT2D eigenvalue weighted by Gasteiger charge is 2.18. The SMILES string of the molecule is CC(C)N(C(=O)N=C=S)C(C)C. The molecule has 0 unspecified atom stereocenters. The Kier molecular flexibility index (Phi) is 4.71. The zero-order chi connectivity index (χ0) is 9.72. The molecule has 0 bridgehead atoms. The second-order valence-electron chi connectivity index (χ2n) is 3.08. The molecule has 0 rings (SSSR count). The standard InChI is InChI=1S/C8H14N2OS/c1-6(2)10(7(3)4)8(11)9-5-12/h6-7H,1-4H3. The number of hydrogen-bond donors (Lipinski definition) is 0. The summed E-state index contributed by atoms with van der Waals surface area (Å²) in [5.41, 5.74) is 0. The van der Waals surface area contributed by atoms with Crippen LogP contribution in [0.3, 0.4) is 0 Å². The van der Waals surface area contributed by atoms with Gasteiger partial charge in [-0.05, 0) is 39.9 Å². The molecule has 4 heteroatoms. The Balaban J connectivity index is 4.51. The van der Waals surface area contributed by atoms with Gasteiger partial charge < -0.3 is 4.90 Å². The van der Waals surface area contributed by atoms with Gasteiger partial charge in [-0.2, -0.15) is 0 Å². The van der Waals surface area contributed by atoms with Gasteiger partial charge in [0.05, 0.1) is 5.16 Å². The molecule has 0 radical (unpaired) electrons. The summed E-state index contributed by atoms with van der Waals surface area (Å²) in [5, 5.41) is 2.07. The van der Waals surface area contributed by atoms with E-state index in [0.29, 0.717) is 0 Å². The quantitative estimate of drug-likeness (QED) is 0.490. The van der Waals surface area contributed by atoms with Crippen molar-refractivity contribution >= 4 is 23.4 Å². The Bertz CT molecular complexity index is 199. The molecule has 3 nitrogen and oxygen atoms in total. The normalized spacial score (nSPS) is 9.83. The summed E-state index contributed by atoms with van der Waals surface area (Å²) < 4.78 is 0. The molecule has 0 aliphatic rings. The molecule has 0 aromatic carbocycles. The van der Waals surface area contributed by atoms with Crippen molar-refractivity contribution in [2.75, 3.05) is 0 Å². The Labute approximate surface area is 78.5 Å². The van der Waals surface area contributed by atoms with E-state index in [9.17, 15) is 4.79 Å². The summed E-state index contributed by atoms with van der Waals surface area (Å²) in [5.74, 6) is 0. The lowest BCUT2D eigenvalue weighted by Gasteiger charge is -2.27. The predicted octanol–water partition coefficient (Wildman–Crippen LogP) is 2.33. The van der Waals surface area contributed by atoms with Crippen LogP contribution in [-0.4, -0.2) is 28.2 Å². The lowest BCUT2D eigenvalue weighted by atomic mass is 10.2. The second kappa shape index (κ2) is 5.01. The van der Waals surface area contributed by atoms with E-state index in [1.165, 1.54) is 0 Å². The van der Waals surface area contributed by atoms with Gasteiger partial charge in [-0.15, -0.1) is 4.99 Å². The summed E-state index contributed by atoms with van der Waals surface area (Å²) in [6.07, 6.45) is 0. The van der Waals surface area contributed by atoms with Gasteiger partial charge in [0, 0.05) is 12.1 Å². The molecule has 0 saturated carbocycles. The smallest absolute Gasteiger partial charge is 0.317 e. The highest BCUT2D eigenvalue weighted by atomic mass is 32.1. The van der Waals surface area contributed by atoms with Crippen molar-refractivity contribution in [2.45, 2.75) is 39.8 Å². The first-order valence-corrected chi connectivity index (χ1v) is 4.31. The van der Waals surface area contributed by atoms with Crippen molar-refractivity contribution in [3.05, 3.63) is 0 Å². The van der Waals surface area contributed by atoms with Crippen LogP contribution in [0, 0.1) is 0 Å². The van der Waals surface area contributed by atoms with Crippen molar-refractivity contribution in [1.29, 1.82) is 0 Å². The monoisotopic (exact) mass is 186 g/mol. The van der Waals surface area contributed by atoms with Crippen LogP contribution in [0.2, 0.25) is 0 Å². The molecule has 68 valence electrons. The minimum atomic E-state index is -0.310. The maximum atomic E-state index is 11.3. The molecule has 12 heavy (non-hydrogen) atoms. The van der Waals surface area contributed by atoms with Crippen molar-refractivity contribution in [3.8, 4) is 0 Å². The molecular formula is C8H14N2OS. The van der Waals surface area contributed by atoms with E-state index in [4.69, 9.17) is 0 Å². The molecule has 0 saturated heterocycles. The predicted molar refractivity (Wildman–Crippen MR) is 52.5 cm³/mol. The molecule has 0 aromatic heterocycles. The first kappa shape index (κ1) is 11.3. The fraction of sp³-hybridized carbons (Fsp3) is 0.750. The molecular weight excluding hydrogens is 172 g/mol. The minimum Gasteiger partial charge on any atom is -0.317 e. The highest BCUT2D eigenvalue weighted by Crippen LogP contribution is 2.06. The van der Waals surface area contributed by atoms with Crippen LogP contribution in [0.25, 0.3) is 0 Å². The number of thiocarbonyl (C=S) groups is 1. The summed E-state index contributed by atoms with van der Waals surface area (Å²) in [7, 11) is 0. The lowest BCUT2D eigenvalue weighted by molar-refractivity contribution is 0.175. The molecule has 0 aromatic rings. The fourth-order valence-electron chi connectivity index (χ4n) is 1.13. The Morgan fingerprint density at radius 3 is 2.00 bits per heavy atom. The maximum absolute atomic E-state index is 11.3. The number of isothiocyanates is 1. The fourth-order valence-corrected chi connectivity index (χ4v) is 1.21. The van der Waals surface area contributed by atoms with Gasteiger partial charge in [0.25, 0.3) is 0 Å². The molecule has 0 fully saturated rings. The molecule has 2 amide bonds. The maximum Gasteiger partial charge on any atom is 0.352 e. The van der Waals surface area contributed by atoms with E-state index in [1.54, 1.807) is 4.90 Å². The van der Waals surface area contributed by atoms with Crippen molar-refractivity contribution in [3.63, 3.8) is 0 Å². The van der Waals surface area contributed by atoms with Gasteiger partial charge in [0.2, 0.25) is 0 Å². The molecule has 0 aliphatic heterocycles. The molecule has 0 N–H and O–H groups in total. The van der Waals surface area contributed by atoms with Crippen LogP contribution in [0.1, 0.15) is 27.7 Å². The van der Waals surface area contributed by atoms with E-state index in [2.05, 4.69) is 22.4 Å². The molecule has 0 aliphatic carbocycles. The summed E-state index contributed by atoms with van der Waals surface area (Å²) >= 11 is 4.36. The van der Waals surface area contributed by atoms with E-state index in [-0.39, 0.29) is 18.1 Å². The Morgan fingerprint density at radius 1 is 1.33 bits per heavy atom. The van der Waals surface area contributed by atoms with Crippen molar-refractivity contribution < 1.29 is 4.79 Å². The third-order valence-corrected chi connectivity index (χ3v) is 1.57. The van der Waals surface area contributed by atoms with Gasteiger partial charge in [-0.3, -0.25) is 0 Å². The van der Waals surface area contributed by atoms with Crippen LogP contribution >= 0.6 is 12.2 Å². The van der Waals surface area contributed by atoms with Crippen LogP contribution in [0.5, 0.6) is 0 Å². The van der Waals surface area contributed by atoms with Gasteiger partial charge >= 0.3 is 6.03 Å². The Morgan fingerprint density at radius 2 is 1.75 bits per heavy atom. The number of urea groups is 1. The number of aliphatic imine (C=N–C) groups is 1. The number of nitrogens with zero attached hydrogens (tertiary/aromatic N) is 2. The highest BCUT2D eigenvalue weighted by molar-refractivity contribution is 7.78. The second-order valence-corrected chi connectivity index (χ2v) is 3.26. The first-order chi connectivity index (χ1) is 5.50.